The maximum absolute atomic E-state index is 13.6. The summed E-state index contributed by atoms with van der Waals surface area (Å²) in [6, 6.07) is 2.23. The maximum Gasteiger partial charge on any atom is 0.321 e. The molecule has 0 heterocycles. The zero-order valence-electron chi connectivity index (χ0n) is 9.67. The van der Waals surface area contributed by atoms with Gasteiger partial charge in [-0.15, -0.1) is 0 Å². The van der Waals surface area contributed by atoms with E-state index in [4.69, 9.17) is 5.11 Å². The molecule has 0 saturated carbocycles. The van der Waals surface area contributed by atoms with E-state index in [-0.39, 0.29) is 10.0 Å². The summed E-state index contributed by atoms with van der Waals surface area (Å²) in [5.41, 5.74) is -0.378. The van der Waals surface area contributed by atoms with Gasteiger partial charge in [0.2, 0.25) is 0 Å². The van der Waals surface area contributed by atoms with Crippen LogP contribution in [0, 0.1) is 11.6 Å². The Morgan fingerprint density at radius 1 is 1.44 bits per heavy atom. The predicted molar refractivity (Wildman–Crippen MR) is 67.6 cm³/mol. The van der Waals surface area contributed by atoms with Crippen molar-refractivity contribution in [3.05, 3.63) is 33.8 Å². The van der Waals surface area contributed by atoms with Crippen molar-refractivity contribution in [2.45, 2.75) is 24.3 Å². The highest BCUT2D eigenvalue weighted by Gasteiger charge is 2.35. The van der Waals surface area contributed by atoms with Gasteiger partial charge in [0, 0.05) is 16.4 Å². The highest BCUT2D eigenvalue weighted by atomic mass is 79.9. The second-order valence-corrected chi connectivity index (χ2v) is 6.98. The van der Waals surface area contributed by atoms with Crippen molar-refractivity contribution >= 4 is 32.7 Å². The second kappa shape index (κ2) is 5.44. The summed E-state index contributed by atoms with van der Waals surface area (Å²) in [6.45, 7) is 2.50. The van der Waals surface area contributed by atoms with Crippen LogP contribution >= 0.6 is 15.9 Å². The first-order valence-corrected chi connectivity index (χ1v) is 7.03. The topological polar surface area (TPSA) is 54.4 Å². The van der Waals surface area contributed by atoms with Crippen molar-refractivity contribution < 1.29 is 22.9 Å². The molecule has 0 radical (unpaired) electrons. The fraction of sp³-hybridized carbons (Fsp3) is 0.364. The number of halogens is 3. The summed E-state index contributed by atoms with van der Waals surface area (Å²) in [4.78, 5) is 10.9. The van der Waals surface area contributed by atoms with E-state index in [2.05, 4.69) is 15.9 Å². The third kappa shape index (κ3) is 2.95. The van der Waals surface area contributed by atoms with Gasteiger partial charge in [-0.1, -0.05) is 0 Å². The summed E-state index contributed by atoms with van der Waals surface area (Å²) in [5, 5.41) is 8.89. The quantitative estimate of drug-likeness (QED) is 0.857. The molecule has 1 rings (SSSR count). The summed E-state index contributed by atoms with van der Waals surface area (Å²) in [5.74, 6) is -3.47. The first-order chi connectivity index (χ1) is 8.17. The van der Waals surface area contributed by atoms with E-state index in [1.807, 2.05) is 0 Å². The fourth-order valence-corrected chi connectivity index (χ4v) is 2.56. The highest BCUT2D eigenvalue weighted by molar-refractivity contribution is 9.10. The summed E-state index contributed by atoms with van der Waals surface area (Å²) in [7, 11) is -1.94. The molecule has 1 N–H and O–H groups in total. The Hall–Kier alpha value is -0.820. The number of carboxylic acid groups (broad SMARTS) is 1. The van der Waals surface area contributed by atoms with Crippen LogP contribution in [0.1, 0.15) is 19.4 Å². The third-order valence-electron chi connectivity index (χ3n) is 2.50. The molecule has 0 aliphatic heterocycles. The number of rotatable bonds is 4. The van der Waals surface area contributed by atoms with E-state index in [0.29, 0.717) is 0 Å². The average molecular weight is 341 g/mol. The summed E-state index contributed by atoms with van der Waals surface area (Å²) in [6.07, 6.45) is 0. The molecule has 1 aromatic rings. The van der Waals surface area contributed by atoms with E-state index in [1.165, 1.54) is 19.9 Å². The molecule has 0 aliphatic carbocycles. The second-order valence-electron chi connectivity index (χ2n) is 4.13. The van der Waals surface area contributed by atoms with Crippen molar-refractivity contribution in [3.63, 3.8) is 0 Å². The van der Waals surface area contributed by atoms with E-state index < -0.39 is 38.9 Å². The van der Waals surface area contributed by atoms with E-state index >= 15 is 0 Å². The van der Waals surface area contributed by atoms with Gasteiger partial charge in [0.1, 0.15) is 16.4 Å². The normalized spacial score (nSPS) is 13.4. The summed E-state index contributed by atoms with van der Waals surface area (Å²) < 4.78 is 37.4. The van der Waals surface area contributed by atoms with Crippen LogP contribution in [0.15, 0.2) is 16.6 Å². The average Bonchev–Trinajstić information content (AvgIpc) is 2.29. The molecule has 1 atom stereocenters. The Kier molecular flexibility index (Phi) is 4.61. The minimum atomic E-state index is -1.94. The molecule has 1 unspecified atom stereocenters. The molecule has 0 aliphatic rings. The lowest BCUT2D eigenvalue weighted by Gasteiger charge is -2.18. The van der Waals surface area contributed by atoms with Gasteiger partial charge >= 0.3 is 5.97 Å². The van der Waals surface area contributed by atoms with Crippen LogP contribution in [-0.4, -0.2) is 20.0 Å². The molecule has 18 heavy (non-hydrogen) atoms. The van der Waals surface area contributed by atoms with Crippen LogP contribution in [0.2, 0.25) is 0 Å². The molecule has 7 heteroatoms. The van der Waals surface area contributed by atoms with Crippen LogP contribution in [0.3, 0.4) is 0 Å². The lowest BCUT2D eigenvalue weighted by atomic mass is 10.2. The number of aliphatic carboxylic acids is 1. The molecule has 3 nitrogen and oxygen atoms in total. The number of hydrogen-bond donors (Lipinski definition) is 1. The van der Waals surface area contributed by atoms with Gasteiger partial charge in [-0.25, -0.2) is 8.78 Å². The highest BCUT2D eigenvalue weighted by Crippen LogP contribution is 2.25. The monoisotopic (exact) mass is 340 g/mol. The van der Waals surface area contributed by atoms with Crippen molar-refractivity contribution in [1.29, 1.82) is 0 Å². The summed E-state index contributed by atoms with van der Waals surface area (Å²) >= 11 is 2.89. The first kappa shape index (κ1) is 15.2. The van der Waals surface area contributed by atoms with Crippen LogP contribution in [-0.2, 0) is 21.3 Å². The Bertz CT molecular complexity index is 517. The fourth-order valence-electron chi connectivity index (χ4n) is 1.11. The zero-order valence-corrected chi connectivity index (χ0v) is 12.1. The van der Waals surface area contributed by atoms with Gasteiger partial charge in [-0.2, -0.15) is 0 Å². The smallest absolute Gasteiger partial charge is 0.321 e. The number of carbonyl (C=O) groups is 1. The Morgan fingerprint density at radius 2 is 2.00 bits per heavy atom. The number of carboxylic acids is 1. The lowest BCUT2D eigenvalue weighted by molar-refractivity contribution is -0.139. The van der Waals surface area contributed by atoms with Gasteiger partial charge in [-0.05, 0) is 41.9 Å². The largest absolute Gasteiger partial charge is 0.480 e. The van der Waals surface area contributed by atoms with Gasteiger partial charge in [0.25, 0.3) is 0 Å². The SMILES string of the molecule is CC(C)(C(=O)O)S(=O)Cc1c(F)ccc(Br)c1F. The van der Waals surface area contributed by atoms with Crippen LogP contribution < -0.4 is 0 Å². The molecule has 0 aromatic heterocycles. The Labute approximate surface area is 114 Å². The molecular formula is C11H11BrF2O3S. The molecular weight excluding hydrogens is 330 g/mol. The predicted octanol–water partition coefficient (Wildman–Crippen LogP) is 2.84. The Morgan fingerprint density at radius 3 is 2.50 bits per heavy atom. The molecule has 0 amide bonds. The van der Waals surface area contributed by atoms with Crippen LogP contribution in [0.25, 0.3) is 0 Å². The number of benzene rings is 1. The molecule has 100 valence electrons. The molecule has 0 spiro atoms. The zero-order chi connectivity index (χ0) is 14.1. The Balaban J connectivity index is 3.10. The first-order valence-electron chi connectivity index (χ1n) is 4.92. The molecule has 1 aromatic carbocycles. The third-order valence-corrected chi connectivity index (χ3v) is 4.97. The van der Waals surface area contributed by atoms with Crippen molar-refractivity contribution in [1.82, 2.24) is 0 Å². The van der Waals surface area contributed by atoms with Gasteiger partial charge in [0.15, 0.2) is 0 Å². The molecule has 0 saturated heterocycles. The van der Waals surface area contributed by atoms with Crippen molar-refractivity contribution in [2.75, 3.05) is 0 Å². The van der Waals surface area contributed by atoms with E-state index in [1.54, 1.807) is 0 Å². The minimum absolute atomic E-state index is 0.0454. The lowest BCUT2D eigenvalue weighted by Crippen LogP contribution is -2.37. The standard InChI is InChI=1S/C11H11BrF2O3S/c1-11(2,10(15)16)18(17)5-6-8(13)4-3-7(12)9(6)14/h3-4H,5H2,1-2H3,(H,15,16). The number of hydrogen-bond acceptors (Lipinski definition) is 2. The van der Waals surface area contributed by atoms with E-state index in [0.717, 1.165) is 6.07 Å². The minimum Gasteiger partial charge on any atom is -0.480 e. The van der Waals surface area contributed by atoms with Crippen molar-refractivity contribution in [3.8, 4) is 0 Å². The molecule has 0 fully saturated rings. The molecule has 0 bridgehead atoms. The van der Waals surface area contributed by atoms with E-state index in [9.17, 15) is 17.8 Å². The van der Waals surface area contributed by atoms with Crippen molar-refractivity contribution in [2.24, 2.45) is 0 Å². The van der Waals surface area contributed by atoms with Gasteiger partial charge < -0.3 is 5.11 Å². The van der Waals surface area contributed by atoms with Gasteiger partial charge in [-0.3, -0.25) is 9.00 Å². The van der Waals surface area contributed by atoms with Crippen LogP contribution in [0.4, 0.5) is 8.78 Å². The van der Waals surface area contributed by atoms with Gasteiger partial charge in [0.05, 0.1) is 10.2 Å². The van der Waals surface area contributed by atoms with Crippen LogP contribution in [0.5, 0.6) is 0 Å². The maximum atomic E-state index is 13.6.